The Balaban J connectivity index is 1.62. The lowest BCUT2D eigenvalue weighted by molar-refractivity contribution is 0.0956. The van der Waals surface area contributed by atoms with Gasteiger partial charge < -0.3 is 15.6 Å². The number of allylic oxidation sites excluding steroid dienone is 1. The summed E-state index contributed by atoms with van der Waals surface area (Å²) in [4.78, 5) is 22.8. The summed E-state index contributed by atoms with van der Waals surface area (Å²) in [5.74, 6) is 0.312. The Morgan fingerprint density at radius 2 is 1.94 bits per heavy atom. The smallest absolute Gasteiger partial charge is 0.257 e. The average Bonchev–Trinajstić information content (AvgIpc) is 3.06. The van der Waals surface area contributed by atoms with E-state index >= 15 is 0 Å². The van der Waals surface area contributed by atoms with Crippen molar-refractivity contribution in [3.8, 4) is 0 Å². The number of aryl methyl sites for hydroxylation is 1. The van der Waals surface area contributed by atoms with Crippen LogP contribution in [0.4, 0.5) is 5.82 Å². The largest absolute Gasteiger partial charge is 0.384 e. The van der Waals surface area contributed by atoms with Crippen molar-refractivity contribution in [3.05, 3.63) is 41.5 Å². The van der Waals surface area contributed by atoms with E-state index in [0.29, 0.717) is 29.1 Å². The molecule has 6 nitrogen and oxygen atoms in total. The van der Waals surface area contributed by atoms with Gasteiger partial charge in [0.25, 0.3) is 5.91 Å². The lowest BCUT2D eigenvalue weighted by Gasteiger charge is -2.13. The molecule has 0 saturated heterocycles. The second-order valence-corrected chi connectivity index (χ2v) is 8.47. The van der Waals surface area contributed by atoms with Crippen LogP contribution < -0.4 is 11.1 Å². The number of fused-ring (bicyclic) bond motifs is 2. The maximum Gasteiger partial charge on any atom is 0.257 e. The summed E-state index contributed by atoms with van der Waals surface area (Å²) in [6.45, 7) is 3.56. The third-order valence-electron chi connectivity index (χ3n) is 6.17. The zero-order chi connectivity index (χ0) is 21.6. The van der Waals surface area contributed by atoms with Gasteiger partial charge in [-0.05, 0) is 50.7 Å². The molecule has 1 aliphatic carbocycles. The van der Waals surface area contributed by atoms with Crippen LogP contribution in [0.15, 0.2) is 35.9 Å². The fraction of sp³-hybridized carbons (Fsp3) is 0.480. The molecular weight excluding hydrogens is 386 g/mol. The minimum Gasteiger partial charge on any atom is -0.384 e. The van der Waals surface area contributed by atoms with Gasteiger partial charge in [-0.3, -0.25) is 4.79 Å². The lowest BCUT2D eigenvalue weighted by Crippen LogP contribution is -2.26. The molecule has 0 saturated carbocycles. The number of nitrogens with zero attached hydrogens (tertiary/aromatic N) is 3. The van der Waals surface area contributed by atoms with Gasteiger partial charge in [-0.25, -0.2) is 9.97 Å². The summed E-state index contributed by atoms with van der Waals surface area (Å²) >= 11 is 0. The Bertz CT molecular complexity index is 1100. The minimum atomic E-state index is -0.157. The molecule has 31 heavy (non-hydrogen) atoms. The Labute approximate surface area is 183 Å². The highest BCUT2D eigenvalue weighted by Gasteiger charge is 2.23. The zero-order valence-corrected chi connectivity index (χ0v) is 18.5. The van der Waals surface area contributed by atoms with Gasteiger partial charge in [0.05, 0.1) is 11.0 Å². The van der Waals surface area contributed by atoms with Crippen LogP contribution in [0.5, 0.6) is 0 Å². The van der Waals surface area contributed by atoms with Gasteiger partial charge in [0.15, 0.2) is 5.65 Å². The molecule has 3 aromatic rings. The molecule has 164 valence electrons. The third-order valence-corrected chi connectivity index (χ3v) is 6.17. The van der Waals surface area contributed by atoms with Crippen molar-refractivity contribution in [2.75, 3.05) is 12.3 Å². The van der Waals surface area contributed by atoms with Gasteiger partial charge in [-0.2, -0.15) is 0 Å². The first-order valence-electron chi connectivity index (χ1n) is 11.7. The Morgan fingerprint density at radius 1 is 1.13 bits per heavy atom. The highest BCUT2D eigenvalue weighted by atomic mass is 16.1. The van der Waals surface area contributed by atoms with Crippen LogP contribution in [0.25, 0.3) is 22.2 Å². The van der Waals surface area contributed by atoms with Crippen molar-refractivity contribution in [1.82, 2.24) is 19.9 Å². The number of hydrogen-bond donors (Lipinski definition) is 2. The molecule has 3 N–H and O–H groups in total. The maximum atomic E-state index is 13.2. The SMILES string of the molecule is CCCCCCn1c(N)c(C(=O)NCCC2=CCCCC2)c2nc3ccccc3nc21. The summed E-state index contributed by atoms with van der Waals surface area (Å²) in [6, 6.07) is 7.76. The van der Waals surface area contributed by atoms with Gasteiger partial charge in [-0.1, -0.05) is 50.0 Å². The van der Waals surface area contributed by atoms with Crippen LogP contribution in [0.2, 0.25) is 0 Å². The van der Waals surface area contributed by atoms with Gasteiger partial charge in [0.1, 0.15) is 16.9 Å². The van der Waals surface area contributed by atoms with Crippen molar-refractivity contribution >= 4 is 33.9 Å². The van der Waals surface area contributed by atoms with E-state index in [9.17, 15) is 4.79 Å². The molecule has 1 aromatic carbocycles. The summed E-state index contributed by atoms with van der Waals surface area (Å²) in [5.41, 5.74) is 11.3. The van der Waals surface area contributed by atoms with E-state index in [0.717, 1.165) is 49.7 Å². The van der Waals surface area contributed by atoms with E-state index in [1.54, 1.807) is 0 Å². The summed E-state index contributed by atoms with van der Waals surface area (Å²) in [6.07, 6.45) is 12.6. The number of aromatic nitrogens is 3. The fourth-order valence-corrected chi connectivity index (χ4v) is 4.42. The number of amides is 1. The zero-order valence-electron chi connectivity index (χ0n) is 18.5. The van der Waals surface area contributed by atoms with Crippen molar-refractivity contribution in [1.29, 1.82) is 0 Å². The van der Waals surface area contributed by atoms with E-state index in [-0.39, 0.29) is 5.91 Å². The molecule has 2 heterocycles. The number of anilines is 1. The summed E-state index contributed by atoms with van der Waals surface area (Å²) in [5, 5.41) is 3.08. The van der Waals surface area contributed by atoms with Crippen molar-refractivity contribution in [3.63, 3.8) is 0 Å². The molecule has 1 amide bonds. The molecule has 0 aliphatic heterocycles. The second-order valence-electron chi connectivity index (χ2n) is 8.47. The van der Waals surface area contributed by atoms with Crippen LogP contribution >= 0.6 is 0 Å². The molecule has 0 radical (unpaired) electrons. The number of nitrogens with two attached hydrogens (primary N) is 1. The van der Waals surface area contributed by atoms with Gasteiger partial charge in [0.2, 0.25) is 0 Å². The number of rotatable bonds is 9. The maximum absolute atomic E-state index is 13.2. The fourth-order valence-electron chi connectivity index (χ4n) is 4.42. The first-order chi connectivity index (χ1) is 15.2. The highest BCUT2D eigenvalue weighted by molar-refractivity contribution is 6.10. The number of hydrogen-bond acceptors (Lipinski definition) is 4. The van der Waals surface area contributed by atoms with E-state index in [2.05, 4.69) is 18.3 Å². The quantitative estimate of drug-likeness (QED) is 0.361. The predicted octanol–water partition coefficient (Wildman–Crippen LogP) is 5.37. The van der Waals surface area contributed by atoms with Crippen molar-refractivity contribution in [2.24, 2.45) is 0 Å². The topological polar surface area (TPSA) is 85.8 Å². The lowest BCUT2D eigenvalue weighted by atomic mass is 9.97. The molecule has 0 spiro atoms. The molecule has 0 atom stereocenters. The molecule has 1 aliphatic rings. The van der Waals surface area contributed by atoms with Crippen LogP contribution in [-0.4, -0.2) is 27.0 Å². The number of unbranched alkanes of at least 4 members (excludes halogenated alkanes) is 3. The normalized spacial score (nSPS) is 14.2. The summed E-state index contributed by atoms with van der Waals surface area (Å²) in [7, 11) is 0. The number of nitrogen functional groups attached to an aromatic ring is 1. The molecule has 4 rings (SSSR count). The van der Waals surface area contributed by atoms with E-state index in [1.807, 2.05) is 28.8 Å². The molecular formula is C25H33N5O. The second kappa shape index (κ2) is 9.94. The minimum absolute atomic E-state index is 0.157. The van der Waals surface area contributed by atoms with E-state index < -0.39 is 0 Å². The Kier molecular flexibility index (Phi) is 6.85. The Morgan fingerprint density at radius 3 is 2.68 bits per heavy atom. The number of nitrogens with one attached hydrogen (secondary N) is 1. The standard InChI is InChI=1S/C25H33N5O/c1-2-3-4-10-17-30-23(26)21(25(31)27-16-15-18-11-6-5-7-12-18)22-24(30)29-20-14-9-8-13-19(20)28-22/h8-9,11,13-14H,2-7,10,12,15-17,26H2,1H3,(H,27,31). The van der Waals surface area contributed by atoms with Crippen LogP contribution in [0.1, 0.15) is 75.1 Å². The number of carbonyl (C=O) groups excluding carboxylic acids is 1. The monoisotopic (exact) mass is 419 g/mol. The molecule has 6 heteroatoms. The molecule has 0 bridgehead atoms. The number of benzene rings is 1. The molecule has 0 fully saturated rings. The van der Waals surface area contributed by atoms with E-state index in [4.69, 9.17) is 15.7 Å². The van der Waals surface area contributed by atoms with Crippen molar-refractivity contribution < 1.29 is 4.79 Å². The van der Waals surface area contributed by atoms with Gasteiger partial charge >= 0.3 is 0 Å². The summed E-state index contributed by atoms with van der Waals surface area (Å²) < 4.78 is 1.98. The van der Waals surface area contributed by atoms with Crippen LogP contribution in [0.3, 0.4) is 0 Å². The molecule has 2 aromatic heterocycles. The average molecular weight is 420 g/mol. The van der Waals surface area contributed by atoms with Gasteiger partial charge in [0, 0.05) is 13.1 Å². The number of para-hydroxylation sites is 2. The van der Waals surface area contributed by atoms with Crippen LogP contribution in [0, 0.1) is 0 Å². The third kappa shape index (κ3) is 4.73. The number of carbonyl (C=O) groups is 1. The first kappa shape index (κ1) is 21.3. The van der Waals surface area contributed by atoms with Gasteiger partial charge in [-0.15, -0.1) is 0 Å². The molecule has 0 unspecified atom stereocenters. The predicted molar refractivity (Wildman–Crippen MR) is 127 cm³/mol. The van der Waals surface area contributed by atoms with Crippen molar-refractivity contribution in [2.45, 2.75) is 71.3 Å². The van der Waals surface area contributed by atoms with E-state index in [1.165, 1.54) is 31.3 Å². The first-order valence-corrected chi connectivity index (χ1v) is 11.7. The highest BCUT2D eigenvalue weighted by Crippen LogP contribution is 2.28. The Hall–Kier alpha value is -2.89. The van der Waals surface area contributed by atoms with Crippen LogP contribution in [-0.2, 0) is 6.54 Å².